The van der Waals surface area contributed by atoms with Crippen molar-refractivity contribution in [3.05, 3.63) is 63.7 Å². The Morgan fingerprint density at radius 2 is 1.86 bits per heavy atom. The molecule has 2 rings (SSSR count). The lowest BCUT2D eigenvalue weighted by Crippen LogP contribution is -2.32. The first kappa shape index (κ1) is 22.2. The van der Waals surface area contributed by atoms with E-state index in [9.17, 15) is 14.9 Å². The van der Waals surface area contributed by atoms with E-state index in [-0.39, 0.29) is 18.0 Å². The number of nitro groups is 1. The van der Waals surface area contributed by atoms with E-state index >= 15 is 0 Å². The summed E-state index contributed by atoms with van der Waals surface area (Å²) in [7, 11) is 1.58. The van der Waals surface area contributed by atoms with Crippen LogP contribution in [-0.2, 0) is 17.8 Å². The summed E-state index contributed by atoms with van der Waals surface area (Å²) in [6.07, 6.45) is 1.68. The number of nitrogens with zero attached hydrogens (tertiary/aromatic N) is 2. The van der Waals surface area contributed by atoms with Crippen molar-refractivity contribution < 1.29 is 19.2 Å². The van der Waals surface area contributed by atoms with E-state index in [4.69, 9.17) is 9.47 Å². The Morgan fingerprint density at radius 3 is 2.52 bits per heavy atom. The molecule has 0 atom stereocenters. The van der Waals surface area contributed by atoms with Crippen LogP contribution in [0.1, 0.15) is 37.8 Å². The molecule has 0 radical (unpaired) electrons. The first-order valence-electron chi connectivity index (χ1n) is 9.79. The van der Waals surface area contributed by atoms with Gasteiger partial charge < -0.3 is 14.4 Å². The lowest BCUT2D eigenvalue weighted by molar-refractivity contribution is -0.385. The SMILES string of the molecule is CCCOc1ccc(CN(CCC)C(=O)Cc2ccccc2[N+](=O)[O-])cc1OC. The Bertz CT molecular complexity index is 838. The lowest BCUT2D eigenvalue weighted by Gasteiger charge is -2.23. The number of nitro benzene ring substituents is 1. The predicted octanol–water partition coefficient (Wildman–Crippen LogP) is 4.37. The van der Waals surface area contributed by atoms with E-state index in [1.54, 1.807) is 30.2 Å². The molecule has 0 heterocycles. The van der Waals surface area contributed by atoms with Crippen LogP contribution in [0.4, 0.5) is 5.69 Å². The van der Waals surface area contributed by atoms with E-state index in [1.165, 1.54) is 6.07 Å². The van der Waals surface area contributed by atoms with Gasteiger partial charge in [-0.25, -0.2) is 0 Å². The monoisotopic (exact) mass is 400 g/mol. The molecule has 0 aliphatic rings. The van der Waals surface area contributed by atoms with Crippen LogP contribution in [-0.4, -0.2) is 36.0 Å². The van der Waals surface area contributed by atoms with Crippen molar-refractivity contribution in [1.29, 1.82) is 0 Å². The first-order chi connectivity index (χ1) is 14.0. The quantitative estimate of drug-likeness (QED) is 0.413. The van der Waals surface area contributed by atoms with Crippen LogP contribution in [0.2, 0.25) is 0 Å². The van der Waals surface area contributed by atoms with Gasteiger partial charge in [0.1, 0.15) is 0 Å². The van der Waals surface area contributed by atoms with Crippen molar-refractivity contribution >= 4 is 11.6 Å². The van der Waals surface area contributed by atoms with E-state index in [0.717, 1.165) is 18.4 Å². The number of hydrogen-bond acceptors (Lipinski definition) is 5. The van der Waals surface area contributed by atoms with Crippen molar-refractivity contribution in [1.82, 2.24) is 4.90 Å². The van der Waals surface area contributed by atoms with Crippen molar-refractivity contribution in [2.24, 2.45) is 0 Å². The topological polar surface area (TPSA) is 81.9 Å². The molecular formula is C22H28N2O5. The number of amides is 1. The molecule has 2 aromatic rings. The molecule has 0 aromatic heterocycles. The number of ether oxygens (including phenoxy) is 2. The maximum atomic E-state index is 12.9. The minimum Gasteiger partial charge on any atom is -0.493 e. The Labute approximate surface area is 171 Å². The number of para-hydroxylation sites is 1. The standard InChI is InChI=1S/C22H28N2O5/c1-4-12-23(22(25)15-18-8-6-7-9-19(18)24(26)27)16-17-10-11-20(29-13-5-2)21(14-17)28-3/h6-11,14H,4-5,12-13,15-16H2,1-3H3. The molecule has 156 valence electrons. The van der Waals surface area contributed by atoms with Crippen LogP contribution in [0.15, 0.2) is 42.5 Å². The number of carbonyl (C=O) groups is 1. The fourth-order valence-electron chi connectivity index (χ4n) is 3.04. The number of carbonyl (C=O) groups excluding carboxylic acids is 1. The normalized spacial score (nSPS) is 10.4. The molecule has 0 aliphatic heterocycles. The molecule has 7 nitrogen and oxygen atoms in total. The third-order valence-electron chi connectivity index (χ3n) is 4.44. The predicted molar refractivity (Wildman–Crippen MR) is 111 cm³/mol. The molecule has 0 fully saturated rings. The van der Waals surface area contributed by atoms with Gasteiger partial charge in [-0.1, -0.05) is 38.1 Å². The van der Waals surface area contributed by atoms with Crippen LogP contribution in [0.3, 0.4) is 0 Å². The minimum atomic E-state index is -0.452. The number of rotatable bonds is 11. The zero-order chi connectivity index (χ0) is 21.2. The van der Waals surface area contributed by atoms with Gasteiger partial charge in [-0.15, -0.1) is 0 Å². The molecule has 0 N–H and O–H groups in total. The Balaban J connectivity index is 2.17. The second-order valence-electron chi connectivity index (χ2n) is 6.71. The highest BCUT2D eigenvalue weighted by atomic mass is 16.6. The highest BCUT2D eigenvalue weighted by Crippen LogP contribution is 2.29. The third-order valence-corrected chi connectivity index (χ3v) is 4.44. The summed E-state index contributed by atoms with van der Waals surface area (Å²) < 4.78 is 11.1. The van der Waals surface area contributed by atoms with Gasteiger partial charge in [0.2, 0.25) is 5.91 Å². The summed E-state index contributed by atoms with van der Waals surface area (Å²) in [6, 6.07) is 12.0. The lowest BCUT2D eigenvalue weighted by atomic mass is 10.1. The van der Waals surface area contributed by atoms with Crippen LogP contribution in [0.5, 0.6) is 11.5 Å². The number of methoxy groups -OCH3 is 1. The fraction of sp³-hybridized carbons (Fsp3) is 0.409. The molecule has 0 bridgehead atoms. The average Bonchev–Trinajstić information content (AvgIpc) is 2.72. The Morgan fingerprint density at radius 1 is 1.10 bits per heavy atom. The summed E-state index contributed by atoms with van der Waals surface area (Å²) in [5.41, 5.74) is 1.30. The molecular weight excluding hydrogens is 372 g/mol. The van der Waals surface area contributed by atoms with Crippen molar-refractivity contribution in [3.8, 4) is 11.5 Å². The fourth-order valence-corrected chi connectivity index (χ4v) is 3.04. The van der Waals surface area contributed by atoms with Gasteiger partial charge in [0.15, 0.2) is 11.5 Å². The molecule has 1 amide bonds. The van der Waals surface area contributed by atoms with Gasteiger partial charge in [-0.2, -0.15) is 0 Å². The van der Waals surface area contributed by atoms with E-state index < -0.39 is 4.92 Å². The van der Waals surface area contributed by atoms with Crippen molar-refractivity contribution in [2.75, 3.05) is 20.3 Å². The van der Waals surface area contributed by atoms with Crippen LogP contribution in [0.25, 0.3) is 0 Å². The summed E-state index contributed by atoms with van der Waals surface area (Å²) in [5, 5.41) is 11.2. The number of hydrogen-bond donors (Lipinski definition) is 0. The molecule has 7 heteroatoms. The van der Waals surface area contributed by atoms with E-state index in [1.807, 2.05) is 32.0 Å². The van der Waals surface area contributed by atoms with Crippen LogP contribution < -0.4 is 9.47 Å². The molecule has 0 unspecified atom stereocenters. The average molecular weight is 400 g/mol. The van der Waals surface area contributed by atoms with Gasteiger partial charge in [0, 0.05) is 24.7 Å². The second-order valence-corrected chi connectivity index (χ2v) is 6.71. The Kier molecular flexibility index (Phi) is 8.45. The minimum absolute atomic E-state index is 0.00795. The smallest absolute Gasteiger partial charge is 0.273 e. The summed E-state index contributed by atoms with van der Waals surface area (Å²) in [5.74, 6) is 1.15. The maximum Gasteiger partial charge on any atom is 0.273 e. The maximum absolute atomic E-state index is 12.9. The highest BCUT2D eigenvalue weighted by Gasteiger charge is 2.20. The summed E-state index contributed by atoms with van der Waals surface area (Å²) in [4.78, 5) is 25.4. The van der Waals surface area contributed by atoms with Crippen LogP contribution in [0, 0.1) is 10.1 Å². The van der Waals surface area contributed by atoms with Gasteiger partial charge in [-0.05, 0) is 30.5 Å². The highest BCUT2D eigenvalue weighted by molar-refractivity contribution is 5.80. The van der Waals surface area contributed by atoms with Crippen molar-refractivity contribution in [2.45, 2.75) is 39.7 Å². The van der Waals surface area contributed by atoms with Gasteiger partial charge in [0.05, 0.1) is 25.1 Å². The zero-order valence-electron chi connectivity index (χ0n) is 17.2. The second kappa shape index (κ2) is 11.0. The van der Waals surface area contributed by atoms with Gasteiger partial charge in [0.25, 0.3) is 5.69 Å². The molecule has 29 heavy (non-hydrogen) atoms. The first-order valence-corrected chi connectivity index (χ1v) is 9.79. The summed E-state index contributed by atoms with van der Waals surface area (Å²) >= 11 is 0. The third kappa shape index (κ3) is 6.20. The molecule has 2 aromatic carbocycles. The van der Waals surface area contributed by atoms with E-state index in [2.05, 4.69) is 0 Å². The largest absolute Gasteiger partial charge is 0.493 e. The number of benzene rings is 2. The summed E-state index contributed by atoms with van der Waals surface area (Å²) in [6.45, 7) is 5.60. The molecule has 0 saturated carbocycles. The van der Waals surface area contributed by atoms with Crippen LogP contribution >= 0.6 is 0 Å². The molecule has 0 aliphatic carbocycles. The zero-order valence-corrected chi connectivity index (χ0v) is 17.2. The van der Waals surface area contributed by atoms with E-state index in [0.29, 0.717) is 36.8 Å². The molecule has 0 spiro atoms. The molecule has 0 saturated heterocycles. The Hall–Kier alpha value is -3.09. The van der Waals surface area contributed by atoms with Crippen molar-refractivity contribution in [3.63, 3.8) is 0 Å². The van der Waals surface area contributed by atoms with Gasteiger partial charge >= 0.3 is 0 Å². The van der Waals surface area contributed by atoms with Gasteiger partial charge in [-0.3, -0.25) is 14.9 Å².